The standard InChI is InChI=1S/C20H34FN5O.HI/c1-4-18(27-19-8-6-7-17(21)15-19)16-24-20(22-3)23-9-10-26-13-11-25(5-2)12-14-26;/h6-8,15,18H,4-5,9-14,16H2,1-3H3,(H2,22,23,24);1H. The van der Waals surface area contributed by atoms with Crippen molar-refractivity contribution in [2.45, 2.75) is 26.4 Å². The summed E-state index contributed by atoms with van der Waals surface area (Å²) in [6, 6.07) is 6.26. The molecule has 1 aliphatic heterocycles. The van der Waals surface area contributed by atoms with Crippen LogP contribution in [0.2, 0.25) is 0 Å². The molecular weight excluding hydrogens is 472 g/mol. The van der Waals surface area contributed by atoms with Crippen LogP contribution in [0.4, 0.5) is 4.39 Å². The SMILES string of the molecule is CCC(CNC(=NC)NCCN1CCN(CC)CC1)Oc1cccc(F)c1.I. The highest BCUT2D eigenvalue weighted by molar-refractivity contribution is 14.0. The van der Waals surface area contributed by atoms with Gasteiger partial charge in [0.25, 0.3) is 0 Å². The third-order valence-corrected chi connectivity index (χ3v) is 4.91. The molecule has 8 heteroatoms. The quantitative estimate of drug-likeness (QED) is 0.306. The number of nitrogens with one attached hydrogen (secondary N) is 2. The van der Waals surface area contributed by atoms with E-state index in [1.165, 1.54) is 12.1 Å². The number of ether oxygens (including phenoxy) is 1. The number of hydrogen-bond donors (Lipinski definition) is 2. The Bertz CT molecular complexity index is 581. The van der Waals surface area contributed by atoms with Gasteiger partial charge in [0.15, 0.2) is 5.96 Å². The molecule has 1 aliphatic rings. The van der Waals surface area contributed by atoms with E-state index in [4.69, 9.17) is 4.74 Å². The molecule has 1 saturated heterocycles. The zero-order valence-electron chi connectivity index (χ0n) is 17.3. The Balaban J connectivity index is 0.00000392. The monoisotopic (exact) mass is 507 g/mol. The highest BCUT2D eigenvalue weighted by Crippen LogP contribution is 2.14. The van der Waals surface area contributed by atoms with Crippen molar-refractivity contribution in [3.63, 3.8) is 0 Å². The van der Waals surface area contributed by atoms with Crippen LogP contribution in [-0.4, -0.2) is 81.3 Å². The number of guanidine groups is 1. The van der Waals surface area contributed by atoms with Gasteiger partial charge in [0.1, 0.15) is 17.7 Å². The summed E-state index contributed by atoms with van der Waals surface area (Å²) in [7, 11) is 1.77. The molecule has 2 N–H and O–H groups in total. The molecule has 1 aromatic carbocycles. The summed E-state index contributed by atoms with van der Waals surface area (Å²) in [6.45, 7) is 12.4. The third-order valence-electron chi connectivity index (χ3n) is 4.91. The van der Waals surface area contributed by atoms with E-state index >= 15 is 0 Å². The molecule has 28 heavy (non-hydrogen) atoms. The van der Waals surface area contributed by atoms with Crippen LogP contribution in [0.3, 0.4) is 0 Å². The van der Waals surface area contributed by atoms with E-state index in [0.29, 0.717) is 12.3 Å². The summed E-state index contributed by atoms with van der Waals surface area (Å²) in [4.78, 5) is 9.24. The lowest BCUT2D eigenvalue weighted by atomic mass is 10.2. The molecule has 0 amide bonds. The molecule has 1 aromatic rings. The van der Waals surface area contributed by atoms with Gasteiger partial charge in [-0.1, -0.05) is 19.9 Å². The van der Waals surface area contributed by atoms with Crippen molar-refractivity contribution < 1.29 is 9.13 Å². The minimum atomic E-state index is -0.285. The van der Waals surface area contributed by atoms with E-state index in [1.54, 1.807) is 19.2 Å². The van der Waals surface area contributed by atoms with Gasteiger partial charge in [0.2, 0.25) is 0 Å². The zero-order valence-corrected chi connectivity index (χ0v) is 19.6. The normalized spacial score (nSPS) is 16.9. The van der Waals surface area contributed by atoms with Gasteiger partial charge >= 0.3 is 0 Å². The van der Waals surface area contributed by atoms with Crippen LogP contribution < -0.4 is 15.4 Å². The van der Waals surface area contributed by atoms with Gasteiger partial charge in [-0.15, -0.1) is 24.0 Å². The number of piperazine rings is 1. The molecule has 160 valence electrons. The zero-order chi connectivity index (χ0) is 19.5. The van der Waals surface area contributed by atoms with Gasteiger partial charge in [-0.25, -0.2) is 4.39 Å². The molecule has 0 saturated carbocycles. The topological polar surface area (TPSA) is 52.1 Å². The number of nitrogens with zero attached hydrogens (tertiary/aromatic N) is 3. The Hall–Kier alpha value is -1.13. The summed E-state index contributed by atoms with van der Waals surface area (Å²) in [6.07, 6.45) is 0.773. The smallest absolute Gasteiger partial charge is 0.191 e. The highest BCUT2D eigenvalue weighted by Gasteiger charge is 2.15. The molecule has 1 heterocycles. The van der Waals surface area contributed by atoms with E-state index in [1.807, 2.05) is 0 Å². The van der Waals surface area contributed by atoms with E-state index < -0.39 is 0 Å². The number of hydrogen-bond acceptors (Lipinski definition) is 4. The van der Waals surface area contributed by atoms with Crippen LogP contribution in [-0.2, 0) is 0 Å². The van der Waals surface area contributed by atoms with Crippen molar-refractivity contribution in [1.82, 2.24) is 20.4 Å². The molecular formula is C20H35FIN5O. The maximum Gasteiger partial charge on any atom is 0.191 e. The molecule has 0 bridgehead atoms. The molecule has 0 radical (unpaired) electrons. The lowest BCUT2D eigenvalue weighted by Gasteiger charge is -2.34. The predicted molar refractivity (Wildman–Crippen MR) is 124 cm³/mol. The minimum Gasteiger partial charge on any atom is -0.489 e. The third kappa shape index (κ3) is 8.91. The van der Waals surface area contributed by atoms with Crippen molar-refractivity contribution in [2.24, 2.45) is 4.99 Å². The van der Waals surface area contributed by atoms with Crippen molar-refractivity contribution in [3.8, 4) is 5.75 Å². The lowest BCUT2D eigenvalue weighted by Crippen LogP contribution is -2.49. The molecule has 0 aliphatic carbocycles. The number of aliphatic imine (C=N–C) groups is 1. The van der Waals surface area contributed by atoms with E-state index in [2.05, 4.69) is 39.3 Å². The Labute approximate surface area is 185 Å². The second-order valence-corrected chi connectivity index (χ2v) is 6.76. The summed E-state index contributed by atoms with van der Waals surface area (Å²) < 4.78 is 19.2. The Morgan fingerprint density at radius 3 is 2.50 bits per heavy atom. The fourth-order valence-electron chi connectivity index (χ4n) is 3.09. The average molecular weight is 507 g/mol. The van der Waals surface area contributed by atoms with Crippen molar-refractivity contribution in [3.05, 3.63) is 30.1 Å². The van der Waals surface area contributed by atoms with Crippen molar-refractivity contribution >= 4 is 29.9 Å². The molecule has 6 nitrogen and oxygen atoms in total. The first-order chi connectivity index (χ1) is 13.1. The first kappa shape index (κ1) is 24.9. The Morgan fingerprint density at radius 1 is 1.18 bits per heavy atom. The second kappa shape index (κ2) is 13.9. The van der Waals surface area contributed by atoms with Crippen molar-refractivity contribution in [1.29, 1.82) is 0 Å². The predicted octanol–water partition coefficient (Wildman–Crippen LogP) is 2.40. The van der Waals surface area contributed by atoms with Crippen LogP contribution >= 0.6 is 24.0 Å². The van der Waals surface area contributed by atoms with Crippen molar-refractivity contribution in [2.75, 3.05) is 59.4 Å². The van der Waals surface area contributed by atoms with Gasteiger partial charge in [0.05, 0.1) is 6.54 Å². The fraction of sp³-hybridized carbons (Fsp3) is 0.650. The number of likely N-dealkylation sites (N-methyl/N-ethyl adjacent to an activating group) is 1. The van der Waals surface area contributed by atoms with Gasteiger partial charge < -0.3 is 20.3 Å². The maximum atomic E-state index is 13.3. The van der Waals surface area contributed by atoms with Crippen LogP contribution in [0.5, 0.6) is 5.75 Å². The number of benzene rings is 1. The van der Waals surface area contributed by atoms with Gasteiger partial charge in [-0.2, -0.15) is 0 Å². The summed E-state index contributed by atoms with van der Waals surface area (Å²) in [5.74, 6) is 1.04. The highest BCUT2D eigenvalue weighted by atomic mass is 127. The van der Waals surface area contributed by atoms with Crippen LogP contribution in [0, 0.1) is 5.82 Å². The second-order valence-electron chi connectivity index (χ2n) is 6.76. The summed E-state index contributed by atoms with van der Waals surface area (Å²) in [5.41, 5.74) is 0. The van der Waals surface area contributed by atoms with Gasteiger partial charge in [-0.3, -0.25) is 9.89 Å². The molecule has 2 rings (SSSR count). The first-order valence-corrected chi connectivity index (χ1v) is 9.96. The van der Waals surface area contributed by atoms with E-state index in [0.717, 1.165) is 58.2 Å². The summed E-state index contributed by atoms with van der Waals surface area (Å²) >= 11 is 0. The Kier molecular flexibility index (Phi) is 12.4. The molecule has 0 spiro atoms. The lowest BCUT2D eigenvalue weighted by molar-refractivity contribution is 0.139. The number of rotatable bonds is 9. The maximum absolute atomic E-state index is 13.3. The first-order valence-electron chi connectivity index (χ1n) is 9.96. The van der Waals surface area contributed by atoms with Crippen LogP contribution in [0.15, 0.2) is 29.3 Å². The summed E-state index contributed by atoms with van der Waals surface area (Å²) in [5, 5.41) is 6.67. The van der Waals surface area contributed by atoms with E-state index in [-0.39, 0.29) is 35.9 Å². The molecule has 0 aromatic heterocycles. The van der Waals surface area contributed by atoms with E-state index in [9.17, 15) is 4.39 Å². The Morgan fingerprint density at radius 2 is 1.89 bits per heavy atom. The molecule has 1 unspecified atom stereocenters. The van der Waals surface area contributed by atoms with Crippen LogP contribution in [0.25, 0.3) is 0 Å². The number of halogens is 2. The molecule has 1 atom stereocenters. The molecule has 1 fully saturated rings. The van der Waals surface area contributed by atoms with Gasteiger partial charge in [0, 0.05) is 52.4 Å². The van der Waals surface area contributed by atoms with Gasteiger partial charge in [-0.05, 0) is 25.1 Å². The minimum absolute atomic E-state index is 0. The largest absolute Gasteiger partial charge is 0.489 e. The van der Waals surface area contributed by atoms with Crippen LogP contribution in [0.1, 0.15) is 20.3 Å². The fourth-order valence-corrected chi connectivity index (χ4v) is 3.09. The average Bonchev–Trinajstić information content (AvgIpc) is 2.70.